The number of carbonyl (C=O) groups is 2. The second-order valence-corrected chi connectivity index (χ2v) is 8.55. The van der Waals surface area contributed by atoms with Gasteiger partial charge in [0.15, 0.2) is 17.2 Å². The van der Waals surface area contributed by atoms with Crippen LogP contribution in [0.4, 0.5) is 5.69 Å². The Morgan fingerprint density at radius 2 is 1.89 bits per heavy atom. The van der Waals surface area contributed by atoms with Crippen molar-refractivity contribution in [1.82, 2.24) is 0 Å². The highest BCUT2D eigenvalue weighted by Gasteiger charge is 2.26. The van der Waals surface area contributed by atoms with Gasteiger partial charge in [-0.15, -0.1) is 0 Å². The molecule has 3 aromatic rings. The smallest absolute Gasteiger partial charge is 0.363 e. The number of rotatable bonds is 6. The Kier molecular flexibility index (Phi) is 6.92. The predicted molar refractivity (Wildman–Crippen MR) is 136 cm³/mol. The number of nitro groups is 1. The number of ether oxygens (including phenoxy) is 3. The van der Waals surface area contributed by atoms with E-state index in [0.29, 0.717) is 31.6 Å². The van der Waals surface area contributed by atoms with Gasteiger partial charge < -0.3 is 14.2 Å². The van der Waals surface area contributed by atoms with Crippen molar-refractivity contribution in [3.8, 4) is 11.5 Å². The summed E-state index contributed by atoms with van der Waals surface area (Å²) in [6.45, 7) is 1.59. The number of nitrogens with zero attached hydrogens (tertiary/aromatic N) is 2. The summed E-state index contributed by atoms with van der Waals surface area (Å²) >= 11 is 2.01. The van der Waals surface area contributed by atoms with Crippen LogP contribution >= 0.6 is 22.6 Å². The minimum Gasteiger partial charge on any atom is -0.493 e. The van der Waals surface area contributed by atoms with E-state index in [0.717, 1.165) is 0 Å². The number of methoxy groups -OCH3 is 1. The first-order valence-electron chi connectivity index (χ1n) is 10.2. The van der Waals surface area contributed by atoms with Crippen molar-refractivity contribution in [1.29, 1.82) is 0 Å². The van der Waals surface area contributed by atoms with Crippen molar-refractivity contribution < 1.29 is 28.7 Å². The number of nitro benzene ring substituents is 1. The summed E-state index contributed by atoms with van der Waals surface area (Å²) in [6, 6.07) is 16.2. The summed E-state index contributed by atoms with van der Waals surface area (Å²) in [5.41, 5.74) is 1.84. The van der Waals surface area contributed by atoms with E-state index in [4.69, 9.17) is 14.2 Å². The topological polar surface area (TPSA) is 117 Å². The third-order valence-electron chi connectivity index (χ3n) is 5.02. The van der Waals surface area contributed by atoms with E-state index in [2.05, 4.69) is 4.99 Å². The van der Waals surface area contributed by atoms with Gasteiger partial charge in [-0.2, -0.15) is 0 Å². The summed E-state index contributed by atoms with van der Waals surface area (Å²) < 4.78 is 16.8. The molecule has 0 saturated carbocycles. The standard InChI is InChI=1S/C25H17IN2O7/c1-14-10-17(8-9-20(14)28(31)32)23-27-19(25(30)35-23)12-15-11-18(26)22(21(13-15)33-2)34-24(29)16-6-4-3-5-7-16/h3-13H,1-2H3/b19-12-. The Bertz CT molecular complexity index is 1410. The van der Waals surface area contributed by atoms with Crippen LogP contribution in [0, 0.1) is 20.6 Å². The molecule has 9 nitrogen and oxygen atoms in total. The van der Waals surface area contributed by atoms with Gasteiger partial charge >= 0.3 is 11.9 Å². The van der Waals surface area contributed by atoms with Crippen LogP contribution in [0.3, 0.4) is 0 Å². The minimum absolute atomic E-state index is 0.0378. The number of aliphatic imine (C=N–C) groups is 1. The van der Waals surface area contributed by atoms with Gasteiger partial charge in [0.05, 0.1) is 21.2 Å². The molecule has 0 N–H and O–H groups in total. The fourth-order valence-corrected chi connectivity index (χ4v) is 4.07. The third kappa shape index (κ3) is 5.22. The summed E-state index contributed by atoms with van der Waals surface area (Å²) in [6.07, 6.45) is 1.51. The van der Waals surface area contributed by atoms with E-state index in [1.54, 1.807) is 49.4 Å². The van der Waals surface area contributed by atoms with E-state index in [1.807, 2.05) is 22.6 Å². The van der Waals surface area contributed by atoms with E-state index < -0.39 is 16.9 Å². The molecule has 176 valence electrons. The van der Waals surface area contributed by atoms with E-state index in [1.165, 1.54) is 31.4 Å². The van der Waals surface area contributed by atoms with Gasteiger partial charge in [-0.25, -0.2) is 14.6 Å². The average Bonchev–Trinajstić information content (AvgIpc) is 3.20. The lowest BCUT2D eigenvalue weighted by atomic mass is 10.1. The van der Waals surface area contributed by atoms with Gasteiger partial charge in [-0.1, -0.05) is 18.2 Å². The first kappa shape index (κ1) is 24.1. The van der Waals surface area contributed by atoms with E-state index >= 15 is 0 Å². The molecule has 35 heavy (non-hydrogen) atoms. The number of hydrogen-bond acceptors (Lipinski definition) is 8. The van der Waals surface area contributed by atoms with E-state index in [-0.39, 0.29) is 23.0 Å². The summed E-state index contributed by atoms with van der Waals surface area (Å²) in [5, 5.41) is 11.0. The van der Waals surface area contributed by atoms with Crippen LogP contribution in [0.15, 0.2) is 71.4 Å². The van der Waals surface area contributed by atoms with Crippen molar-refractivity contribution in [2.45, 2.75) is 6.92 Å². The fourth-order valence-electron chi connectivity index (χ4n) is 3.33. The maximum Gasteiger partial charge on any atom is 0.363 e. The zero-order valence-corrected chi connectivity index (χ0v) is 20.6. The second kappa shape index (κ2) is 10.1. The van der Waals surface area contributed by atoms with Crippen LogP contribution in [0.25, 0.3) is 6.08 Å². The second-order valence-electron chi connectivity index (χ2n) is 7.38. The highest BCUT2D eigenvalue weighted by molar-refractivity contribution is 14.1. The first-order valence-corrected chi connectivity index (χ1v) is 11.3. The highest BCUT2D eigenvalue weighted by atomic mass is 127. The molecule has 10 heteroatoms. The zero-order valence-electron chi connectivity index (χ0n) is 18.5. The maximum atomic E-state index is 12.5. The van der Waals surface area contributed by atoms with Gasteiger partial charge in [0.1, 0.15) is 0 Å². The molecule has 0 bridgehead atoms. The molecule has 0 spiro atoms. The number of esters is 2. The summed E-state index contributed by atoms with van der Waals surface area (Å²) in [5.74, 6) is -0.586. The molecule has 0 fully saturated rings. The lowest BCUT2D eigenvalue weighted by Gasteiger charge is -2.12. The number of cyclic esters (lactones) is 1. The lowest BCUT2D eigenvalue weighted by molar-refractivity contribution is -0.385. The van der Waals surface area contributed by atoms with Crippen molar-refractivity contribution in [3.05, 3.63) is 102 Å². The quantitative estimate of drug-likeness (QED) is 0.0991. The van der Waals surface area contributed by atoms with Crippen LogP contribution in [0.5, 0.6) is 11.5 Å². The minimum atomic E-state index is -0.662. The summed E-state index contributed by atoms with van der Waals surface area (Å²) in [7, 11) is 1.44. The molecule has 0 amide bonds. The Morgan fingerprint density at radius 3 is 2.54 bits per heavy atom. The number of carbonyl (C=O) groups excluding carboxylic acids is 2. The van der Waals surface area contributed by atoms with Crippen LogP contribution in [-0.4, -0.2) is 29.9 Å². The van der Waals surface area contributed by atoms with Crippen LogP contribution < -0.4 is 9.47 Å². The fraction of sp³-hybridized carbons (Fsp3) is 0.0800. The Hall–Kier alpha value is -4.06. The number of hydrogen-bond donors (Lipinski definition) is 0. The molecule has 0 aromatic heterocycles. The van der Waals surface area contributed by atoms with E-state index in [9.17, 15) is 19.7 Å². The first-order chi connectivity index (χ1) is 16.8. The van der Waals surface area contributed by atoms with Crippen molar-refractivity contribution in [3.63, 3.8) is 0 Å². The normalized spacial score (nSPS) is 13.9. The maximum absolute atomic E-state index is 12.5. The molecular weight excluding hydrogens is 567 g/mol. The molecule has 1 aliphatic rings. The zero-order chi connectivity index (χ0) is 25.1. The van der Waals surface area contributed by atoms with Crippen molar-refractivity contribution >= 4 is 52.2 Å². The molecule has 3 aromatic carbocycles. The lowest BCUT2D eigenvalue weighted by Crippen LogP contribution is -2.10. The number of benzene rings is 3. The van der Waals surface area contributed by atoms with Crippen LogP contribution in [0.2, 0.25) is 0 Å². The van der Waals surface area contributed by atoms with Gasteiger partial charge in [0, 0.05) is 17.2 Å². The number of aryl methyl sites for hydroxylation is 1. The highest BCUT2D eigenvalue weighted by Crippen LogP contribution is 2.35. The Morgan fingerprint density at radius 1 is 1.14 bits per heavy atom. The van der Waals surface area contributed by atoms with Crippen molar-refractivity contribution in [2.24, 2.45) is 4.99 Å². The van der Waals surface area contributed by atoms with Crippen LogP contribution in [-0.2, 0) is 9.53 Å². The Labute approximate surface area is 213 Å². The predicted octanol–water partition coefficient (Wildman–Crippen LogP) is 5.08. The van der Waals surface area contributed by atoms with Crippen LogP contribution in [0.1, 0.15) is 27.0 Å². The molecule has 1 heterocycles. The number of halogens is 1. The van der Waals surface area contributed by atoms with Crippen molar-refractivity contribution in [2.75, 3.05) is 7.11 Å². The van der Waals surface area contributed by atoms with Gasteiger partial charge in [-0.3, -0.25) is 10.1 Å². The molecule has 4 rings (SSSR count). The monoisotopic (exact) mass is 584 g/mol. The SMILES string of the molecule is COc1cc(/C=C2\N=C(c3ccc([N+](=O)[O-])c(C)c3)OC2=O)cc(I)c1OC(=O)c1ccccc1. The third-order valence-corrected chi connectivity index (χ3v) is 5.82. The summed E-state index contributed by atoms with van der Waals surface area (Å²) in [4.78, 5) is 39.7. The van der Waals surface area contributed by atoms with Gasteiger partial charge in [0.2, 0.25) is 5.90 Å². The largest absolute Gasteiger partial charge is 0.493 e. The van der Waals surface area contributed by atoms with Gasteiger partial charge in [0.25, 0.3) is 5.69 Å². The molecule has 0 aliphatic carbocycles. The molecule has 0 saturated heterocycles. The molecule has 0 radical (unpaired) electrons. The Balaban J connectivity index is 1.63. The molecule has 1 aliphatic heterocycles. The van der Waals surface area contributed by atoms with Gasteiger partial charge in [-0.05, 0) is 77.6 Å². The molecule has 0 atom stereocenters. The average molecular weight is 584 g/mol. The molecular formula is C25H17IN2O7. The molecule has 0 unspecified atom stereocenters.